The quantitative estimate of drug-likeness (QED) is 0.690. The summed E-state index contributed by atoms with van der Waals surface area (Å²) < 4.78 is 34.0. The number of methoxy groups -OCH3 is 1. The Labute approximate surface area is 137 Å². The maximum Gasteiger partial charge on any atom is 0.356 e. The van der Waals surface area contributed by atoms with Crippen molar-refractivity contribution in [1.82, 2.24) is 9.55 Å². The summed E-state index contributed by atoms with van der Waals surface area (Å²) in [7, 11) is 3.09. The third kappa shape index (κ3) is 2.64. The van der Waals surface area contributed by atoms with Crippen molar-refractivity contribution in [2.75, 3.05) is 7.11 Å². The van der Waals surface area contributed by atoms with Crippen molar-refractivity contribution >= 4 is 17.0 Å². The monoisotopic (exact) mass is 330 g/mol. The van der Waals surface area contributed by atoms with Crippen LogP contribution in [0.2, 0.25) is 0 Å². The fourth-order valence-corrected chi connectivity index (χ4v) is 2.92. The number of halogens is 2. The molecule has 6 heteroatoms. The van der Waals surface area contributed by atoms with Crippen molar-refractivity contribution < 1.29 is 18.3 Å². The summed E-state index contributed by atoms with van der Waals surface area (Å²) in [6.45, 7) is 1.91. The Balaban J connectivity index is 2.21. The van der Waals surface area contributed by atoms with Crippen LogP contribution in [0, 0.1) is 18.6 Å². The molecule has 0 unspecified atom stereocenters. The Hall–Kier alpha value is -2.76. The first kappa shape index (κ1) is 16.1. The van der Waals surface area contributed by atoms with Gasteiger partial charge in [-0.3, -0.25) is 0 Å². The Morgan fingerprint density at radius 1 is 1.29 bits per heavy atom. The molecule has 2 heterocycles. The molecule has 0 atom stereocenters. The number of pyridine rings is 1. The molecule has 0 fully saturated rings. The van der Waals surface area contributed by atoms with Crippen LogP contribution in [0.25, 0.3) is 11.0 Å². The van der Waals surface area contributed by atoms with Crippen molar-refractivity contribution in [2.24, 2.45) is 7.05 Å². The lowest BCUT2D eigenvalue weighted by molar-refractivity contribution is 0.0594. The summed E-state index contributed by atoms with van der Waals surface area (Å²) in [5.74, 6) is -2.34. The van der Waals surface area contributed by atoms with E-state index in [4.69, 9.17) is 4.74 Å². The number of carbonyl (C=O) groups excluding carboxylic acids is 1. The van der Waals surface area contributed by atoms with E-state index in [-0.39, 0.29) is 17.7 Å². The van der Waals surface area contributed by atoms with Gasteiger partial charge in [0.15, 0.2) is 17.3 Å². The number of esters is 1. The van der Waals surface area contributed by atoms with Gasteiger partial charge in [0.1, 0.15) is 5.65 Å². The fourth-order valence-electron chi connectivity index (χ4n) is 2.92. The van der Waals surface area contributed by atoms with Crippen LogP contribution in [-0.2, 0) is 18.2 Å². The van der Waals surface area contributed by atoms with Crippen LogP contribution in [0.4, 0.5) is 8.78 Å². The number of aryl methyl sites for hydroxylation is 2. The van der Waals surface area contributed by atoms with Crippen molar-refractivity contribution in [2.45, 2.75) is 13.3 Å². The van der Waals surface area contributed by atoms with Gasteiger partial charge in [0.2, 0.25) is 0 Å². The number of carbonyl (C=O) groups is 1. The average molecular weight is 330 g/mol. The minimum Gasteiger partial charge on any atom is -0.464 e. The molecule has 0 aliphatic heterocycles. The molecule has 0 spiro atoms. The lowest BCUT2D eigenvalue weighted by Gasteiger charge is -2.09. The average Bonchev–Trinajstić information content (AvgIpc) is 2.85. The Kier molecular flexibility index (Phi) is 4.05. The van der Waals surface area contributed by atoms with E-state index < -0.39 is 17.6 Å². The Bertz CT molecular complexity index is 948. The van der Waals surface area contributed by atoms with E-state index in [1.807, 2.05) is 20.2 Å². The second-order valence-electron chi connectivity index (χ2n) is 5.67. The molecule has 3 aromatic rings. The topological polar surface area (TPSA) is 44.1 Å². The number of nitrogens with zero attached hydrogens (tertiary/aromatic N) is 2. The predicted molar refractivity (Wildman–Crippen MR) is 86.0 cm³/mol. The first-order chi connectivity index (χ1) is 11.4. The van der Waals surface area contributed by atoms with Crippen molar-refractivity contribution in [3.05, 3.63) is 64.5 Å². The standard InChI is InChI=1S/C18H16F2N2O2/c1-10-9-22(2)17-15(10)12(8-14(21-17)18(23)24-3)7-11-5-4-6-13(19)16(11)20/h4-6,8-9H,7H2,1-3H3. The number of hydrogen-bond acceptors (Lipinski definition) is 3. The van der Waals surface area contributed by atoms with Gasteiger partial charge in [0.05, 0.1) is 7.11 Å². The van der Waals surface area contributed by atoms with Crippen LogP contribution >= 0.6 is 0 Å². The number of fused-ring (bicyclic) bond motifs is 1. The minimum absolute atomic E-state index is 0.137. The molecule has 0 aliphatic rings. The lowest BCUT2D eigenvalue weighted by atomic mass is 10.00. The summed E-state index contributed by atoms with van der Waals surface area (Å²) in [6.07, 6.45) is 2.03. The molecule has 124 valence electrons. The van der Waals surface area contributed by atoms with E-state index >= 15 is 0 Å². The van der Waals surface area contributed by atoms with Crippen molar-refractivity contribution in [3.63, 3.8) is 0 Å². The Morgan fingerprint density at radius 2 is 2.04 bits per heavy atom. The molecular weight excluding hydrogens is 314 g/mol. The lowest BCUT2D eigenvalue weighted by Crippen LogP contribution is -2.07. The molecule has 2 aromatic heterocycles. The molecule has 0 saturated carbocycles. The van der Waals surface area contributed by atoms with Crippen LogP contribution < -0.4 is 0 Å². The van der Waals surface area contributed by atoms with Crippen LogP contribution in [0.3, 0.4) is 0 Å². The van der Waals surface area contributed by atoms with E-state index in [1.165, 1.54) is 19.2 Å². The van der Waals surface area contributed by atoms with Gasteiger partial charge in [-0.2, -0.15) is 0 Å². The smallest absolute Gasteiger partial charge is 0.356 e. The number of benzene rings is 1. The zero-order chi connectivity index (χ0) is 17.4. The van der Waals surface area contributed by atoms with Crippen molar-refractivity contribution in [3.8, 4) is 0 Å². The van der Waals surface area contributed by atoms with Crippen LogP contribution in [-0.4, -0.2) is 22.6 Å². The van der Waals surface area contributed by atoms with E-state index in [0.29, 0.717) is 11.2 Å². The highest BCUT2D eigenvalue weighted by molar-refractivity contribution is 5.93. The SMILES string of the molecule is COC(=O)c1cc(Cc2cccc(F)c2F)c2c(C)cn(C)c2n1. The number of ether oxygens (including phenoxy) is 1. The summed E-state index contributed by atoms with van der Waals surface area (Å²) in [4.78, 5) is 16.2. The van der Waals surface area contributed by atoms with Gasteiger partial charge in [0, 0.05) is 25.1 Å². The predicted octanol–water partition coefficient (Wildman–Crippen LogP) is 3.54. The van der Waals surface area contributed by atoms with Crippen LogP contribution in [0.1, 0.15) is 27.2 Å². The van der Waals surface area contributed by atoms with E-state index in [9.17, 15) is 13.6 Å². The van der Waals surface area contributed by atoms with Gasteiger partial charge < -0.3 is 9.30 Å². The van der Waals surface area contributed by atoms with Gasteiger partial charge in [0.25, 0.3) is 0 Å². The second kappa shape index (κ2) is 6.03. The summed E-state index contributed by atoms with van der Waals surface area (Å²) in [6, 6.07) is 5.64. The van der Waals surface area contributed by atoms with Gasteiger partial charge in [-0.15, -0.1) is 0 Å². The van der Waals surface area contributed by atoms with Crippen molar-refractivity contribution in [1.29, 1.82) is 0 Å². The van der Waals surface area contributed by atoms with E-state index in [1.54, 1.807) is 10.6 Å². The normalized spacial score (nSPS) is 11.0. The first-order valence-corrected chi connectivity index (χ1v) is 7.39. The molecular formula is C18H16F2N2O2. The zero-order valence-corrected chi connectivity index (χ0v) is 13.6. The molecule has 0 N–H and O–H groups in total. The molecule has 0 radical (unpaired) electrons. The highest BCUT2D eigenvalue weighted by Crippen LogP contribution is 2.27. The number of aromatic nitrogens is 2. The molecule has 4 nitrogen and oxygen atoms in total. The maximum atomic E-state index is 14.0. The van der Waals surface area contributed by atoms with E-state index in [2.05, 4.69) is 4.98 Å². The molecule has 0 bridgehead atoms. The largest absolute Gasteiger partial charge is 0.464 e. The highest BCUT2D eigenvalue weighted by Gasteiger charge is 2.18. The summed E-state index contributed by atoms with van der Waals surface area (Å²) in [5, 5.41) is 0.828. The molecule has 0 saturated heterocycles. The van der Waals surface area contributed by atoms with Gasteiger partial charge in [-0.05, 0) is 35.7 Å². The maximum absolute atomic E-state index is 14.0. The van der Waals surface area contributed by atoms with E-state index in [0.717, 1.165) is 17.0 Å². The van der Waals surface area contributed by atoms with Gasteiger partial charge in [-0.1, -0.05) is 12.1 Å². The fraction of sp³-hybridized carbons (Fsp3) is 0.222. The van der Waals surface area contributed by atoms with Gasteiger partial charge >= 0.3 is 5.97 Å². The molecule has 24 heavy (non-hydrogen) atoms. The summed E-state index contributed by atoms with van der Waals surface area (Å²) >= 11 is 0. The zero-order valence-electron chi connectivity index (χ0n) is 13.6. The molecule has 1 aromatic carbocycles. The van der Waals surface area contributed by atoms with Gasteiger partial charge in [-0.25, -0.2) is 18.6 Å². The molecule has 3 rings (SSSR count). The molecule has 0 aliphatic carbocycles. The Morgan fingerprint density at radius 3 is 2.75 bits per heavy atom. The molecule has 0 amide bonds. The number of rotatable bonds is 3. The number of hydrogen-bond donors (Lipinski definition) is 0. The minimum atomic E-state index is -0.893. The third-order valence-corrected chi connectivity index (χ3v) is 4.00. The summed E-state index contributed by atoms with van der Waals surface area (Å²) in [5.41, 5.74) is 2.60. The highest BCUT2D eigenvalue weighted by atomic mass is 19.2. The van der Waals surface area contributed by atoms with Crippen LogP contribution in [0.5, 0.6) is 0 Å². The first-order valence-electron chi connectivity index (χ1n) is 7.39. The van der Waals surface area contributed by atoms with Crippen LogP contribution in [0.15, 0.2) is 30.5 Å². The third-order valence-electron chi connectivity index (χ3n) is 4.00. The second-order valence-corrected chi connectivity index (χ2v) is 5.67.